The predicted molar refractivity (Wildman–Crippen MR) is 72.9 cm³/mol. The van der Waals surface area contributed by atoms with Gasteiger partial charge in [-0.15, -0.1) is 0 Å². The number of likely N-dealkylation sites (tertiary alicyclic amines) is 1. The largest absolute Gasteiger partial charge is 0.377 e. The van der Waals surface area contributed by atoms with Gasteiger partial charge < -0.3 is 14.8 Å². The number of hydrogen-bond donors (Lipinski definition) is 1. The van der Waals surface area contributed by atoms with Crippen LogP contribution in [0.1, 0.15) is 32.6 Å². The van der Waals surface area contributed by atoms with Crippen LogP contribution in [0.3, 0.4) is 0 Å². The standard InChI is InChI=1S/C14H28N2O2/c1-14(17-2)6-4-8-16(12-14)9-7-15-11-13-5-3-10-18-13/h13,15H,3-12H2,1-2H3. The van der Waals surface area contributed by atoms with Gasteiger partial charge in [-0.2, -0.15) is 0 Å². The molecule has 2 heterocycles. The lowest BCUT2D eigenvalue weighted by Crippen LogP contribution is -2.49. The smallest absolute Gasteiger partial charge is 0.0777 e. The number of methoxy groups -OCH3 is 1. The van der Waals surface area contributed by atoms with Crippen LogP contribution in [0, 0.1) is 0 Å². The maximum Gasteiger partial charge on any atom is 0.0777 e. The third kappa shape index (κ3) is 4.19. The Morgan fingerprint density at radius 2 is 2.33 bits per heavy atom. The second-order valence-corrected chi connectivity index (χ2v) is 5.87. The van der Waals surface area contributed by atoms with Crippen molar-refractivity contribution in [2.45, 2.75) is 44.3 Å². The summed E-state index contributed by atoms with van der Waals surface area (Å²) in [6.45, 7) is 8.62. The molecule has 0 aromatic heterocycles. The molecule has 4 nitrogen and oxygen atoms in total. The Morgan fingerprint density at radius 3 is 3.06 bits per heavy atom. The van der Waals surface area contributed by atoms with Crippen molar-refractivity contribution in [3.63, 3.8) is 0 Å². The van der Waals surface area contributed by atoms with Crippen LogP contribution >= 0.6 is 0 Å². The van der Waals surface area contributed by atoms with Gasteiger partial charge in [0.15, 0.2) is 0 Å². The van der Waals surface area contributed by atoms with E-state index in [0.717, 1.165) is 32.8 Å². The summed E-state index contributed by atoms with van der Waals surface area (Å²) in [5.74, 6) is 0. The average Bonchev–Trinajstić information content (AvgIpc) is 2.88. The maximum atomic E-state index is 5.61. The molecule has 0 radical (unpaired) electrons. The third-order valence-corrected chi connectivity index (χ3v) is 4.23. The number of rotatable bonds is 6. The number of nitrogens with zero attached hydrogens (tertiary/aromatic N) is 1. The van der Waals surface area contributed by atoms with Gasteiger partial charge in [-0.25, -0.2) is 0 Å². The molecule has 0 saturated carbocycles. The minimum Gasteiger partial charge on any atom is -0.377 e. The van der Waals surface area contributed by atoms with Gasteiger partial charge >= 0.3 is 0 Å². The summed E-state index contributed by atoms with van der Waals surface area (Å²) in [6.07, 6.45) is 5.33. The summed E-state index contributed by atoms with van der Waals surface area (Å²) in [4.78, 5) is 2.51. The highest BCUT2D eigenvalue weighted by Gasteiger charge is 2.30. The summed E-state index contributed by atoms with van der Waals surface area (Å²) < 4.78 is 11.2. The number of hydrogen-bond acceptors (Lipinski definition) is 4. The van der Waals surface area contributed by atoms with E-state index in [-0.39, 0.29) is 5.60 Å². The van der Waals surface area contributed by atoms with E-state index < -0.39 is 0 Å². The average molecular weight is 256 g/mol. The molecule has 2 atom stereocenters. The molecule has 1 N–H and O–H groups in total. The SMILES string of the molecule is COC1(C)CCCN(CCNCC2CCCO2)C1. The normalized spacial score (nSPS) is 34.0. The molecule has 0 aliphatic carbocycles. The summed E-state index contributed by atoms with van der Waals surface area (Å²) in [6, 6.07) is 0. The second kappa shape index (κ2) is 6.85. The summed E-state index contributed by atoms with van der Waals surface area (Å²) in [7, 11) is 1.83. The number of piperidine rings is 1. The summed E-state index contributed by atoms with van der Waals surface area (Å²) >= 11 is 0. The fourth-order valence-corrected chi connectivity index (χ4v) is 2.97. The Hall–Kier alpha value is -0.160. The van der Waals surface area contributed by atoms with Gasteiger partial charge in [-0.3, -0.25) is 4.90 Å². The molecule has 2 aliphatic heterocycles. The molecule has 0 aromatic carbocycles. The van der Waals surface area contributed by atoms with Gasteiger partial charge in [0, 0.05) is 39.9 Å². The van der Waals surface area contributed by atoms with Crippen LogP contribution < -0.4 is 5.32 Å². The highest BCUT2D eigenvalue weighted by Crippen LogP contribution is 2.23. The van der Waals surface area contributed by atoms with Crippen LogP contribution in [-0.4, -0.2) is 63.0 Å². The van der Waals surface area contributed by atoms with E-state index in [4.69, 9.17) is 9.47 Å². The molecule has 2 unspecified atom stereocenters. The molecule has 0 spiro atoms. The lowest BCUT2D eigenvalue weighted by atomic mass is 9.95. The fourth-order valence-electron chi connectivity index (χ4n) is 2.97. The van der Waals surface area contributed by atoms with Crippen molar-refractivity contribution >= 4 is 0 Å². The Balaban J connectivity index is 1.58. The van der Waals surface area contributed by atoms with Crippen LogP contribution in [0.15, 0.2) is 0 Å². The zero-order chi connectivity index (χ0) is 12.8. The van der Waals surface area contributed by atoms with Crippen LogP contribution in [0.25, 0.3) is 0 Å². The molecule has 2 rings (SSSR count). The molecule has 2 saturated heterocycles. The molecular formula is C14H28N2O2. The highest BCUT2D eigenvalue weighted by atomic mass is 16.5. The van der Waals surface area contributed by atoms with E-state index in [1.807, 2.05) is 7.11 Å². The van der Waals surface area contributed by atoms with Crippen LogP contribution in [0.4, 0.5) is 0 Å². The van der Waals surface area contributed by atoms with Gasteiger partial charge in [0.25, 0.3) is 0 Å². The number of nitrogens with one attached hydrogen (secondary N) is 1. The minimum absolute atomic E-state index is 0.0623. The summed E-state index contributed by atoms with van der Waals surface area (Å²) in [5.41, 5.74) is 0.0623. The van der Waals surface area contributed by atoms with E-state index in [0.29, 0.717) is 6.10 Å². The first kappa shape index (κ1) is 14.3. The van der Waals surface area contributed by atoms with E-state index in [9.17, 15) is 0 Å². The van der Waals surface area contributed by atoms with Gasteiger partial charge in [-0.05, 0) is 39.2 Å². The van der Waals surface area contributed by atoms with Crippen LogP contribution in [-0.2, 0) is 9.47 Å². The predicted octanol–water partition coefficient (Wildman–Crippen LogP) is 1.26. The van der Waals surface area contributed by atoms with E-state index in [1.54, 1.807) is 0 Å². The van der Waals surface area contributed by atoms with Crippen molar-refractivity contribution in [1.29, 1.82) is 0 Å². The maximum absolute atomic E-state index is 5.61. The second-order valence-electron chi connectivity index (χ2n) is 5.87. The van der Waals surface area contributed by atoms with Gasteiger partial charge in [0.1, 0.15) is 0 Å². The lowest BCUT2D eigenvalue weighted by molar-refractivity contribution is -0.0503. The molecular weight excluding hydrogens is 228 g/mol. The minimum atomic E-state index is 0.0623. The van der Waals surface area contributed by atoms with Crippen molar-refractivity contribution in [2.24, 2.45) is 0 Å². The van der Waals surface area contributed by atoms with Crippen molar-refractivity contribution in [3.8, 4) is 0 Å². The third-order valence-electron chi connectivity index (χ3n) is 4.23. The molecule has 2 fully saturated rings. The highest BCUT2D eigenvalue weighted by molar-refractivity contribution is 4.84. The van der Waals surface area contributed by atoms with Crippen molar-refractivity contribution in [1.82, 2.24) is 10.2 Å². The van der Waals surface area contributed by atoms with Crippen LogP contribution in [0.5, 0.6) is 0 Å². The Bertz CT molecular complexity index is 244. The zero-order valence-corrected chi connectivity index (χ0v) is 11.9. The molecule has 106 valence electrons. The van der Waals surface area contributed by atoms with Crippen molar-refractivity contribution in [3.05, 3.63) is 0 Å². The quantitative estimate of drug-likeness (QED) is 0.725. The first-order valence-electron chi connectivity index (χ1n) is 7.32. The molecule has 2 aliphatic rings. The topological polar surface area (TPSA) is 33.7 Å². The van der Waals surface area contributed by atoms with E-state index in [2.05, 4.69) is 17.1 Å². The Morgan fingerprint density at radius 1 is 1.44 bits per heavy atom. The van der Waals surface area contributed by atoms with Crippen molar-refractivity contribution in [2.75, 3.05) is 46.4 Å². The molecule has 0 bridgehead atoms. The fraction of sp³-hybridized carbons (Fsp3) is 1.00. The monoisotopic (exact) mass is 256 g/mol. The Kier molecular flexibility index (Phi) is 5.42. The zero-order valence-electron chi connectivity index (χ0n) is 11.9. The molecule has 18 heavy (non-hydrogen) atoms. The molecule has 0 aromatic rings. The van der Waals surface area contributed by atoms with E-state index >= 15 is 0 Å². The van der Waals surface area contributed by atoms with Crippen LogP contribution in [0.2, 0.25) is 0 Å². The van der Waals surface area contributed by atoms with Crippen molar-refractivity contribution < 1.29 is 9.47 Å². The first-order chi connectivity index (χ1) is 8.72. The number of ether oxygens (including phenoxy) is 2. The molecule has 0 amide bonds. The van der Waals surface area contributed by atoms with Gasteiger partial charge in [0.05, 0.1) is 11.7 Å². The molecule has 4 heteroatoms. The van der Waals surface area contributed by atoms with E-state index in [1.165, 1.54) is 32.2 Å². The van der Waals surface area contributed by atoms with Gasteiger partial charge in [-0.1, -0.05) is 0 Å². The van der Waals surface area contributed by atoms with Gasteiger partial charge in [0.2, 0.25) is 0 Å². The Labute approximate surface area is 111 Å². The lowest BCUT2D eigenvalue weighted by Gasteiger charge is -2.39. The first-order valence-corrected chi connectivity index (χ1v) is 7.32. The summed E-state index contributed by atoms with van der Waals surface area (Å²) in [5, 5.41) is 3.51.